The summed E-state index contributed by atoms with van der Waals surface area (Å²) in [6.45, 7) is 4.08. The minimum atomic E-state index is 0.0409. The number of nitrogens with one attached hydrogen (secondary N) is 1. The number of rotatable bonds is 4. The Morgan fingerprint density at radius 3 is 2.83 bits per heavy atom. The number of hydrogen-bond acceptors (Lipinski definition) is 3. The van der Waals surface area contributed by atoms with Crippen molar-refractivity contribution < 1.29 is 4.79 Å². The average Bonchev–Trinajstić information content (AvgIpc) is 2.79. The molecule has 1 amide bonds. The van der Waals surface area contributed by atoms with E-state index in [1.54, 1.807) is 0 Å². The van der Waals surface area contributed by atoms with Crippen molar-refractivity contribution in [1.82, 2.24) is 4.90 Å². The maximum atomic E-state index is 11.9. The van der Waals surface area contributed by atoms with E-state index >= 15 is 0 Å². The van der Waals surface area contributed by atoms with E-state index in [0.717, 1.165) is 25.1 Å². The quantitative estimate of drug-likeness (QED) is 0.844. The van der Waals surface area contributed by atoms with E-state index in [2.05, 4.69) is 10.2 Å². The highest BCUT2D eigenvalue weighted by Crippen LogP contribution is 2.16. The van der Waals surface area contributed by atoms with Gasteiger partial charge in [-0.3, -0.25) is 9.69 Å². The maximum absolute atomic E-state index is 11.9. The summed E-state index contributed by atoms with van der Waals surface area (Å²) in [6, 6.07) is 8.21. The van der Waals surface area contributed by atoms with Crippen LogP contribution in [0.1, 0.15) is 18.4 Å². The van der Waals surface area contributed by atoms with Gasteiger partial charge >= 0.3 is 0 Å². The van der Waals surface area contributed by atoms with Gasteiger partial charge in [0.25, 0.3) is 0 Å². The molecule has 3 N–H and O–H groups in total. The fraction of sp³-hybridized carbons (Fsp3) is 0.500. The summed E-state index contributed by atoms with van der Waals surface area (Å²) in [5.41, 5.74) is 7.74. The summed E-state index contributed by atoms with van der Waals surface area (Å²) in [7, 11) is 0. The Morgan fingerprint density at radius 2 is 2.17 bits per heavy atom. The van der Waals surface area contributed by atoms with E-state index < -0.39 is 0 Å². The van der Waals surface area contributed by atoms with Crippen LogP contribution in [0.25, 0.3) is 0 Å². The molecule has 4 heteroatoms. The van der Waals surface area contributed by atoms with Gasteiger partial charge in [-0.15, -0.1) is 0 Å². The van der Waals surface area contributed by atoms with Crippen molar-refractivity contribution in [1.29, 1.82) is 0 Å². The summed E-state index contributed by atoms with van der Waals surface area (Å²) < 4.78 is 0. The lowest BCUT2D eigenvalue weighted by molar-refractivity contribution is -0.117. The first-order chi connectivity index (χ1) is 8.69. The summed E-state index contributed by atoms with van der Waals surface area (Å²) in [5, 5.41) is 2.92. The molecule has 1 atom stereocenters. The summed E-state index contributed by atoms with van der Waals surface area (Å²) in [6.07, 6.45) is 2.24. The zero-order valence-electron chi connectivity index (χ0n) is 10.9. The number of likely N-dealkylation sites (tertiary alicyclic amines) is 1. The Morgan fingerprint density at radius 1 is 1.44 bits per heavy atom. The molecule has 0 spiro atoms. The monoisotopic (exact) mass is 247 g/mol. The predicted molar refractivity (Wildman–Crippen MR) is 73.5 cm³/mol. The Balaban J connectivity index is 1.86. The number of nitrogens with zero attached hydrogens (tertiary/aromatic N) is 1. The van der Waals surface area contributed by atoms with Gasteiger partial charge in [0.1, 0.15) is 0 Å². The van der Waals surface area contributed by atoms with Crippen LogP contribution < -0.4 is 11.1 Å². The molecular formula is C14H21N3O. The lowest BCUT2D eigenvalue weighted by Gasteiger charge is -2.22. The van der Waals surface area contributed by atoms with Gasteiger partial charge in [0.2, 0.25) is 5.91 Å². The van der Waals surface area contributed by atoms with Gasteiger partial charge in [-0.25, -0.2) is 0 Å². The molecule has 1 heterocycles. The molecule has 0 radical (unpaired) electrons. The standard InChI is InChI=1S/C14H21N3O/c1-11-4-6-12(7-5-11)16-14(18)10-17-8-2-3-13(17)9-15/h4-7,13H,2-3,8-10,15H2,1H3,(H,16,18). The minimum absolute atomic E-state index is 0.0409. The largest absolute Gasteiger partial charge is 0.329 e. The molecule has 0 saturated carbocycles. The number of amides is 1. The second-order valence-electron chi connectivity index (χ2n) is 4.92. The van der Waals surface area contributed by atoms with E-state index in [1.165, 1.54) is 5.56 Å². The number of aryl methyl sites for hydroxylation is 1. The fourth-order valence-corrected chi connectivity index (χ4v) is 2.39. The molecule has 98 valence electrons. The Kier molecular flexibility index (Phi) is 4.33. The number of hydrogen-bond donors (Lipinski definition) is 2. The van der Waals surface area contributed by atoms with Gasteiger partial charge in [0.05, 0.1) is 6.54 Å². The maximum Gasteiger partial charge on any atom is 0.238 e. The highest BCUT2D eigenvalue weighted by atomic mass is 16.2. The fourth-order valence-electron chi connectivity index (χ4n) is 2.39. The van der Waals surface area contributed by atoms with Gasteiger partial charge in [-0.2, -0.15) is 0 Å². The van der Waals surface area contributed by atoms with Crippen LogP contribution in [-0.2, 0) is 4.79 Å². The molecule has 0 aliphatic carbocycles. The lowest BCUT2D eigenvalue weighted by Crippen LogP contribution is -2.40. The predicted octanol–water partition coefficient (Wildman–Crippen LogP) is 1.36. The summed E-state index contributed by atoms with van der Waals surface area (Å²) in [4.78, 5) is 14.1. The van der Waals surface area contributed by atoms with E-state index in [1.807, 2.05) is 31.2 Å². The van der Waals surface area contributed by atoms with Crippen LogP contribution in [0.4, 0.5) is 5.69 Å². The molecule has 0 aromatic heterocycles. The second kappa shape index (κ2) is 5.98. The van der Waals surface area contributed by atoms with E-state index in [-0.39, 0.29) is 5.91 Å². The van der Waals surface area contributed by atoms with Crippen LogP contribution in [0.3, 0.4) is 0 Å². The molecule has 1 unspecified atom stereocenters. The summed E-state index contributed by atoms with van der Waals surface area (Å²) in [5.74, 6) is 0.0409. The number of benzene rings is 1. The lowest BCUT2D eigenvalue weighted by atomic mass is 10.2. The van der Waals surface area contributed by atoms with Crippen LogP contribution in [0.15, 0.2) is 24.3 Å². The normalized spacial score (nSPS) is 20.0. The van der Waals surface area contributed by atoms with E-state index in [4.69, 9.17) is 5.73 Å². The molecule has 1 aliphatic heterocycles. The van der Waals surface area contributed by atoms with Gasteiger partial charge in [-0.1, -0.05) is 17.7 Å². The van der Waals surface area contributed by atoms with Crippen LogP contribution >= 0.6 is 0 Å². The SMILES string of the molecule is Cc1ccc(NC(=O)CN2CCCC2CN)cc1. The number of nitrogens with two attached hydrogens (primary N) is 1. The van der Waals surface area contributed by atoms with Gasteiger partial charge in [0, 0.05) is 18.3 Å². The topological polar surface area (TPSA) is 58.4 Å². The zero-order valence-corrected chi connectivity index (χ0v) is 10.9. The highest BCUT2D eigenvalue weighted by Gasteiger charge is 2.24. The third-order valence-corrected chi connectivity index (χ3v) is 3.45. The third kappa shape index (κ3) is 3.31. The molecular weight excluding hydrogens is 226 g/mol. The van der Waals surface area contributed by atoms with E-state index in [9.17, 15) is 4.79 Å². The Bertz CT molecular complexity index is 402. The molecule has 1 aliphatic rings. The minimum Gasteiger partial charge on any atom is -0.329 e. The van der Waals surface area contributed by atoms with Crippen molar-refractivity contribution in [2.24, 2.45) is 5.73 Å². The van der Waals surface area contributed by atoms with Crippen molar-refractivity contribution in [3.05, 3.63) is 29.8 Å². The first-order valence-electron chi connectivity index (χ1n) is 6.49. The molecule has 4 nitrogen and oxygen atoms in total. The van der Waals surface area contributed by atoms with Crippen molar-refractivity contribution in [3.8, 4) is 0 Å². The Hall–Kier alpha value is -1.39. The van der Waals surface area contributed by atoms with Crippen molar-refractivity contribution in [2.75, 3.05) is 25.0 Å². The van der Waals surface area contributed by atoms with Crippen LogP contribution in [-0.4, -0.2) is 36.5 Å². The van der Waals surface area contributed by atoms with Gasteiger partial charge < -0.3 is 11.1 Å². The first-order valence-corrected chi connectivity index (χ1v) is 6.49. The smallest absolute Gasteiger partial charge is 0.238 e. The Labute approximate surface area is 108 Å². The van der Waals surface area contributed by atoms with Crippen LogP contribution in [0.5, 0.6) is 0 Å². The van der Waals surface area contributed by atoms with Crippen molar-refractivity contribution in [2.45, 2.75) is 25.8 Å². The number of carbonyl (C=O) groups is 1. The number of anilines is 1. The molecule has 0 bridgehead atoms. The van der Waals surface area contributed by atoms with Gasteiger partial charge in [-0.05, 0) is 38.4 Å². The third-order valence-electron chi connectivity index (χ3n) is 3.45. The molecule has 1 aromatic rings. The highest BCUT2D eigenvalue weighted by molar-refractivity contribution is 5.92. The molecule has 18 heavy (non-hydrogen) atoms. The van der Waals surface area contributed by atoms with E-state index in [0.29, 0.717) is 19.1 Å². The van der Waals surface area contributed by atoms with Crippen LogP contribution in [0, 0.1) is 6.92 Å². The average molecular weight is 247 g/mol. The number of carbonyl (C=O) groups excluding carboxylic acids is 1. The van der Waals surface area contributed by atoms with Gasteiger partial charge in [0.15, 0.2) is 0 Å². The zero-order chi connectivity index (χ0) is 13.0. The summed E-state index contributed by atoms with van der Waals surface area (Å²) >= 11 is 0. The molecule has 1 aromatic carbocycles. The van der Waals surface area contributed by atoms with Crippen molar-refractivity contribution in [3.63, 3.8) is 0 Å². The molecule has 1 saturated heterocycles. The van der Waals surface area contributed by atoms with Crippen molar-refractivity contribution >= 4 is 11.6 Å². The second-order valence-corrected chi connectivity index (χ2v) is 4.92. The first kappa shape index (κ1) is 13.1. The molecule has 1 fully saturated rings. The molecule has 2 rings (SSSR count). The van der Waals surface area contributed by atoms with Crippen LogP contribution in [0.2, 0.25) is 0 Å².